The van der Waals surface area contributed by atoms with E-state index in [2.05, 4.69) is 15.9 Å². The first kappa shape index (κ1) is 18.8. The van der Waals surface area contributed by atoms with Gasteiger partial charge in [-0.25, -0.2) is 0 Å². The van der Waals surface area contributed by atoms with Gasteiger partial charge in [0, 0.05) is 10.0 Å². The maximum Gasteiger partial charge on any atom is 0.185 e. The van der Waals surface area contributed by atoms with Crippen molar-refractivity contribution in [3.05, 3.63) is 92.3 Å². The molecule has 0 atom stereocenters. The molecule has 0 bridgehead atoms. The van der Waals surface area contributed by atoms with Crippen LogP contribution in [0.1, 0.15) is 21.9 Å². The van der Waals surface area contributed by atoms with Crippen LogP contribution in [0.2, 0.25) is 10.0 Å². The third-order valence-corrected chi connectivity index (χ3v) is 4.83. The number of hydrogen-bond donors (Lipinski definition) is 0. The van der Waals surface area contributed by atoms with E-state index in [9.17, 15) is 4.79 Å². The second-order valence-electron chi connectivity index (χ2n) is 5.35. The van der Waals surface area contributed by atoms with Gasteiger partial charge in [-0.05, 0) is 60.7 Å². The number of halogens is 3. The van der Waals surface area contributed by atoms with E-state index >= 15 is 0 Å². The van der Waals surface area contributed by atoms with Crippen LogP contribution in [-0.4, -0.2) is 5.78 Å². The van der Waals surface area contributed by atoms with Crippen LogP contribution in [0, 0.1) is 0 Å². The Morgan fingerprint density at radius 2 is 1.85 bits per heavy atom. The molecule has 0 amide bonds. The Balaban J connectivity index is 1.61. The molecule has 2 aromatic carbocycles. The zero-order valence-corrected chi connectivity index (χ0v) is 16.5. The van der Waals surface area contributed by atoms with Gasteiger partial charge in [-0.2, -0.15) is 0 Å². The van der Waals surface area contributed by atoms with E-state index < -0.39 is 0 Å². The normalized spacial score (nSPS) is 11.0. The zero-order valence-electron chi connectivity index (χ0n) is 13.4. The average molecular weight is 452 g/mol. The molecule has 0 fully saturated rings. The molecule has 3 rings (SSSR count). The summed E-state index contributed by atoms with van der Waals surface area (Å²) in [6.45, 7) is 0.203. The van der Waals surface area contributed by atoms with Crippen LogP contribution in [0.3, 0.4) is 0 Å². The molecule has 0 spiro atoms. The lowest BCUT2D eigenvalue weighted by atomic mass is 10.1. The largest absolute Gasteiger partial charge is 0.484 e. The van der Waals surface area contributed by atoms with Crippen molar-refractivity contribution >= 4 is 51.0 Å². The number of benzene rings is 2. The summed E-state index contributed by atoms with van der Waals surface area (Å²) in [6, 6.07) is 15.9. The molecule has 0 aliphatic carbocycles. The predicted octanol–water partition coefficient (Wildman–Crippen LogP) is 6.82. The highest BCUT2D eigenvalue weighted by molar-refractivity contribution is 9.10. The van der Waals surface area contributed by atoms with Gasteiger partial charge >= 0.3 is 0 Å². The summed E-state index contributed by atoms with van der Waals surface area (Å²) in [5.41, 5.74) is 0.607. The van der Waals surface area contributed by atoms with Crippen LogP contribution in [0.15, 0.2) is 69.6 Å². The van der Waals surface area contributed by atoms with Crippen molar-refractivity contribution in [1.29, 1.82) is 0 Å². The molecule has 0 saturated heterocycles. The number of carbonyl (C=O) groups is 1. The summed E-state index contributed by atoms with van der Waals surface area (Å²) < 4.78 is 12.2. The highest BCUT2D eigenvalue weighted by Gasteiger charge is 2.07. The lowest BCUT2D eigenvalue weighted by molar-refractivity contribution is 0.104. The molecule has 6 heteroatoms. The smallest absolute Gasteiger partial charge is 0.185 e. The van der Waals surface area contributed by atoms with E-state index in [1.54, 1.807) is 48.5 Å². The molecule has 1 heterocycles. The Morgan fingerprint density at radius 3 is 2.62 bits per heavy atom. The topological polar surface area (TPSA) is 39.4 Å². The van der Waals surface area contributed by atoms with E-state index in [0.717, 1.165) is 4.47 Å². The summed E-state index contributed by atoms with van der Waals surface area (Å²) in [4.78, 5) is 12.1. The Bertz CT molecular complexity index is 946. The van der Waals surface area contributed by atoms with Gasteiger partial charge in [0.2, 0.25) is 0 Å². The molecular weight excluding hydrogens is 439 g/mol. The minimum atomic E-state index is -0.0996. The fraction of sp³-hybridized carbons (Fsp3) is 0.0500. The van der Waals surface area contributed by atoms with Gasteiger partial charge < -0.3 is 9.15 Å². The van der Waals surface area contributed by atoms with Crippen molar-refractivity contribution in [3.63, 3.8) is 0 Å². The predicted molar refractivity (Wildman–Crippen MR) is 107 cm³/mol. The molecule has 0 radical (unpaired) electrons. The fourth-order valence-corrected chi connectivity index (χ4v) is 2.78. The quantitative estimate of drug-likeness (QED) is 0.304. The van der Waals surface area contributed by atoms with Crippen molar-refractivity contribution < 1.29 is 13.9 Å². The number of carbonyl (C=O) groups excluding carboxylic acids is 1. The van der Waals surface area contributed by atoms with Crippen molar-refractivity contribution in [2.45, 2.75) is 6.61 Å². The third-order valence-electron chi connectivity index (χ3n) is 3.50. The number of rotatable bonds is 6. The van der Waals surface area contributed by atoms with E-state index in [0.29, 0.717) is 32.9 Å². The summed E-state index contributed by atoms with van der Waals surface area (Å²) in [7, 11) is 0. The van der Waals surface area contributed by atoms with Crippen LogP contribution in [0.25, 0.3) is 6.08 Å². The summed E-state index contributed by atoms with van der Waals surface area (Å²) in [5, 5.41) is 0.791. The monoisotopic (exact) mass is 450 g/mol. The van der Waals surface area contributed by atoms with Gasteiger partial charge in [-0.15, -0.1) is 0 Å². The molecule has 3 nitrogen and oxygen atoms in total. The Kier molecular flexibility index (Phi) is 6.20. The Morgan fingerprint density at radius 1 is 1.08 bits per heavy atom. The second kappa shape index (κ2) is 8.58. The minimum absolute atomic E-state index is 0.0996. The number of furan rings is 1. The summed E-state index contributed by atoms with van der Waals surface area (Å²) in [6.07, 6.45) is 3.10. The standard InChI is InChI=1S/C20H13BrCl2O3/c21-14-6-4-13(5-7-14)18(24)11-10-15-8-9-16(26-15)12-25-19-3-1-2-17(22)20(19)23/h1-11H,12H2/b11-10+. The van der Waals surface area contributed by atoms with E-state index in [1.165, 1.54) is 6.08 Å². The Hall–Kier alpha value is -2.01. The average Bonchev–Trinajstić information content (AvgIpc) is 3.09. The SMILES string of the molecule is O=C(/C=C/c1ccc(COc2cccc(Cl)c2Cl)o1)c1ccc(Br)cc1. The van der Waals surface area contributed by atoms with Crippen molar-refractivity contribution in [2.75, 3.05) is 0 Å². The van der Waals surface area contributed by atoms with Gasteiger partial charge in [0.05, 0.1) is 5.02 Å². The summed E-state index contributed by atoms with van der Waals surface area (Å²) >= 11 is 15.4. The highest BCUT2D eigenvalue weighted by Crippen LogP contribution is 2.32. The van der Waals surface area contributed by atoms with Crippen LogP contribution in [0.4, 0.5) is 0 Å². The second-order valence-corrected chi connectivity index (χ2v) is 7.05. The van der Waals surface area contributed by atoms with Gasteiger partial charge in [0.1, 0.15) is 28.9 Å². The number of hydrogen-bond acceptors (Lipinski definition) is 3. The van der Waals surface area contributed by atoms with Crippen molar-refractivity contribution in [1.82, 2.24) is 0 Å². The number of ketones is 1. The zero-order chi connectivity index (χ0) is 18.5. The first-order valence-electron chi connectivity index (χ1n) is 7.66. The first-order valence-corrected chi connectivity index (χ1v) is 9.21. The van der Waals surface area contributed by atoms with Crippen LogP contribution in [0.5, 0.6) is 5.75 Å². The maximum atomic E-state index is 12.1. The fourth-order valence-electron chi connectivity index (χ4n) is 2.17. The minimum Gasteiger partial charge on any atom is -0.484 e. The van der Waals surface area contributed by atoms with Crippen LogP contribution < -0.4 is 4.74 Å². The van der Waals surface area contributed by atoms with E-state index in [1.807, 2.05) is 12.1 Å². The molecule has 132 valence electrons. The molecule has 26 heavy (non-hydrogen) atoms. The van der Waals surface area contributed by atoms with Gasteiger partial charge in [0.15, 0.2) is 5.78 Å². The molecule has 0 aliphatic rings. The maximum absolute atomic E-state index is 12.1. The molecule has 0 N–H and O–H groups in total. The van der Waals surface area contributed by atoms with Gasteiger partial charge in [-0.1, -0.05) is 45.2 Å². The van der Waals surface area contributed by atoms with Gasteiger partial charge in [-0.3, -0.25) is 4.79 Å². The molecular formula is C20H13BrCl2O3. The van der Waals surface area contributed by atoms with Crippen LogP contribution >= 0.6 is 39.1 Å². The third kappa shape index (κ3) is 4.79. The molecule has 1 aromatic heterocycles. The van der Waals surface area contributed by atoms with E-state index in [-0.39, 0.29) is 12.4 Å². The molecule has 0 saturated carbocycles. The Labute approximate surface area is 169 Å². The first-order chi connectivity index (χ1) is 12.5. The van der Waals surface area contributed by atoms with Crippen molar-refractivity contribution in [2.24, 2.45) is 0 Å². The molecule has 3 aromatic rings. The van der Waals surface area contributed by atoms with Gasteiger partial charge in [0.25, 0.3) is 0 Å². The number of ether oxygens (including phenoxy) is 1. The van der Waals surface area contributed by atoms with E-state index in [4.69, 9.17) is 32.4 Å². The van der Waals surface area contributed by atoms with Crippen molar-refractivity contribution in [3.8, 4) is 5.75 Å². The number of allylic oxidation sites excluding steroid dienone is 1. The molecule has 0 unspecified atom stereocenters. The van der Waals surface area contributed by atoms with Crippen LogP contribution in [-0.2, 0) is 6.61 Å². The summed E-state index contributed by atoms with van der Waals surface area (Å²) in [5.74, 6) is 1.55. The lowest BCUT2D eigenvalue weighted by Crippen LogP contribution is -1.94. The molecule has 0 aliphatic heterocycles. The highest BCUT2D eigenvalue weighted by atomic mass is 79.9. The lowest BCUT2D eigenvalue weighted by Gasteiger charge is -2.06.